The minimum atomic E-state index is -4.55. The Balaban J connectivity index is 2.05. The smallest absolute Gasteiger partial charge is 0.379 e. The molecule has 3 heterocycles. The predicted molar refractivity (Wildman–Crippen MR) is 99.7 cm³/mol. The van der Waals surface area contributed by atoms with E-state index in [1.54, 1.807) is 30.6 Å². The van der Waals surface area contributed by atoms with Gasteiger partial charge in [-0.3, -0.25) is 9.54 Å². The van der Waals surface area contributed by atoms with Gasteiger partial charge in [-0.05, 0) is 23.6 Å². The van der Waals surface area contributed by atoms with Crippen molar-refractivity contribution < 1.29 is 17.7 Å². The fraction of sp³-hybridized carbons (Fsp3) is 0.0556. The van der Waals surface area contributed by atoms with E-state index in [1.807, 2.05) is 24.3 Å². The van der Waals surface area contributed by atoms with Gasteiger partial charge in [-0.25, -0.2) is 4.98 Å². The second-order valence-electron chi connectivity index (χ2n) is 5.68. The largest absolute Gasteiger partial charge is 0.481 e. The highest BCUT2D eigenvalue weighted by atomic mass is 32.2. The average Bonchev–Trinajstić information content (AvgIpc) is 3.13. The van der Waals surface area contributed by atoms with E-state index < -0.39 is 10.3 Å². The zero-order valence-electron chi connectivity index (χ0n) is 14.1. The molecule has 0 spiro atoms. The number of benzene rings is 1. The van der Waals surface area contributed by atoms with Gasteiger partial charge < -0.3 is 4.74 Å². The van der Waals surface area contributed by atoms with Crippen molar-refractivity contribution in [1.29, 1.82) is 0 Å². The van der Waals surface area contributed by atoms with Gasteiger partial charge in [-0.1, -0.05) is 24.3 Å². The molecule has 0 radical (unpaired) electrons. The lowest BCUT2D eigenvalue weighted by Gasteiger charge is -2.09. The Morgan fingerprint density at radius 1 is 1.00 bits per heavy atom. The molecule has 3 aromatic heterocycles. The predicted octanol–water partition coefficient (Wildman–Crippen LogP) is 2.82. The highest BCUT2D eigenvalue weighted by Gasteiger charge is 2.21. The molecule has 27 heavy (non-hydrogen) atoms. The van der Waals surface area contributed by atoms with Gasteiger partial charge in [0, 0.05) is 28.9 Å². The van der Waals surface area contributed by atoms with Crippen molar-refractivity contribution in [2.75, 3.05) is 7.11 Å². The van der Waals surface area contributed by atoms with Crippen LogP contribution in [0.1, 0.15) is 0 Å². The summed E-state index contributed by atoms with van der Waals surface area (Å²) < 4.78 is 38.5. The van der Waals surface area contributed by atoms with E-state index in [1.165, 1.54) is 13.3 Å². The summed E-state index contributed by atoms with van der Waals surface area (Å²) in [6, 6.07) is 12.7. The molecule has 0 saturated heterocycles. The third-order valence-corrected chi connectivity index (χ3v) is 4.74. The molecule has 0 fully saturated rings. The Morgan fingerprint density at radius 3 is 2.41 bits per heavy atom. The summed E-state index contributed by atoms with van der Waals surface area (Å²) in [4.78, 5) is 8.56. The Kier molecular flexibility index (Phi) is 4.09. The fourth-order valence-corrected chi connectivity index (χ4v) is 3.33. The highest BCUT2D eigenvalue weighted by molar-refractivity contribution is 7.84. The van der Waals surface area contributed by atoms with Gasteiger partial charge in [-0.15, -0.1) is 4.09 Å². The second kappa shape index (κ2) is 6.45. The van der Waals surface area contributed by atoms with Crippen molar-refractivity contribution in [3.63, 3.8) is 0 Å². The van der Waals surface area contributed by atoms with Crippen molar-refractivity contribution in [3.05, 3.63) is 61.1 Å². The van der Waals surface area contributed by atoms with E-state index in [9.17, 15) is 13.0 Å². The number of hydrogen-bond donors (Lipinski definition) is 1. The van der Waals surface area contributed by atoms with Crippen LogP contribution < -0.4 is 4.74 Å². The molecule has 1 N–H and O–H groups in total. The fourth-order valence-electron chi connectivity index (χ4n) is 2.90. The molecule has 9 heteroatoms. The Bertz CT molecular complexity index is 1240. The summed E-state index contributed by atoms with van der Waals surface area (Å²) in [6.07, 6.45) is 4.41. The van der Waals surface area contributed by atoms with Gasteiger partial charge >= 0.3 is 10.3 Å². The van der Waals surface area contributed by atoms with Gasteiger partial charge in [0.1, 0.15) is 5.69 Å². The van der Waals surface area contributed by atoms with Crippen LogP contribution in [-0.2, 0) is 10.3 Å². The molecular formula is C18H14N4O4S. The first-order valence-electron chi connectivity index (χ1n) is 7.90. The van der Waals surface area contributed by atoms with Crippen LogP contribution in [0.3, 0.4) is 0 Å². The Hall–Kier alpha value is -3.30. The molecule has 0 bridgehead atoms. The highest BCUT2D eigenvalue weighted by Crippen LogP contribution is 2.37. The van der Waals surface area contributed by atoms with Crippen molar-refractivity contribution >= 4 is 21.1 Å². The van der Waals surface area contributed by atoms with Crippen molar-refractivity contribution in [2.45, 2.75) is 0 Å². The summed E-state index contributed by atoms with van der Waals surface area (Å²) >= 11 is 0. The minimum Gasteiger partial charge on any atom is -0.481 e. The average molecular weight is 382 g/mol. The van der Waals surface area contributed by atoms with Crippen molar-refractivity contribution in [1.82, 2.24) is 19.2 Å². The number of rotatable bonds is 4. The van der Waals surface area contributed by atoms with Gasteiger partial charge in [0.25, 0.3) is 0 Å². The maximum atomic E-state index is 11.6. The van der Waals surface area contributed by atoms with E-state index in [2.05, 4.69) is 15.1 Å². The molecule has 136 valence electrons. The number of nitrogens with zero attached hydrogens (tertiary/aromatic N) is 4. The molecule has 4 aromatic rings. The number of hydrogen-bond acceptors (Lipinski definition) is 6. The van der Waals surface area contributed by atoms with Gasteiger partial charge in [0.15, 0.2) is 0 Å². The SMILES string of the molecule is COc1ncc(-c2cn(S(=O)(=O)O)nc2-c2ccccn2)c2ccccc12. The summed E-state index contributed by atoms with van der Waals surface area (Å²) in [6.45, 7) is 0. The molecule has 0 amide bonds. The number of fused-ring (bicyclic) bond motifs is 1. The van der Waals surface area contributed by atoms with E-state index in [0.717, 1.165) is 10.8 Å². The molecule has 0 unspecified atom stereocenters. The molecular weight excluding hydrogens is 368 g/mol. The monoisotopic (exact) mass is 382 g/mol. The van der Waals surface area contributed by atoms with E-state index in [-0.39, 0.29) is 0 Å². The number of methoxy groups -OCH3 is 1. The van der Waals surface area contributed by atoms with E-state index >= 15 is 0 Å². The van der Waals surface area contributed by atoms with Crippen LogP contribution in [0.4, 0.5) is 0 Å². The number of ether oxygens (including phenoxy) is 1. The molecule has 0 saturated carbocycles. The molecule has 4 rings (SSSR count). The molecule has 0 atom stereocenters. The van der Waals surface area contributed by atoms with Crippen LogP contribution >= 0.6 is 0 Å². The molecule has 1 aromatic carbocycles. The number of pyridine rings is 2. The molecule has 0 aliphatic carbocycles. The van der Waals surface area contributed by atoms with Crippen molar-refractivity contribution in [3.8, 4) is 28.4 Å². The standard InChI is InChI=1S/C18H14N4O4S/c1-26-18-13-7-3-2-6-12(13)14(10-20-18)15-11-22(27(23,24)25)21-17(15)16-8-4-5-9-19-16/h2-11H,1H3,(H,23,24,25). The lowest BCUT2D eigenvalue weighted by molar-refractivity contribution is 0.403. The third kappa shape index (κ3) is 3.03. The van der Waals surface area contributed by atoms with E-state index in [4.69, 9.17) is 4.74 Å². The van der Waals surface area contributed by atoms with Gasteiger partial charge in [0.2, 0.25) is 5.88 Å². The minimum absolute atomic E-state index is 0.311. The molecule has 8 nitrogen and oxygen atoms in total. The van der Waals surface area contributed by atoms with Crippen LogP contribution in [0, 0.1) is 0 Å². The summed E-state index contributed by atoms with van der Waals surface area (Å²) in [5, 5.41) is 5.60. The lowest BCUT2D eigenvalue weighted by atomic mass is 10.00. The number of aromatic nitrogens is 4. The first-order valence-corrected chi connectivity index (χ1v) is 9.30. The van der Waals surface area contributed by atoms with Crippen LogP contribution in [0.25, 0.3) is 33.3 Å². The second-order valence-corrected chi connectivity index (χ2v) is 6.95. The van der Waals surface area contributed by atoms with Gasteiger partial charge in [-0.2, -0.15) is 13.5 Å². The summed E-state index contributed by atoms with van der Waals surface area (Å²) in [5.41, 5.74) is 1.89. The Morgan fingerprint density at radius 2 is 1.74 bits per heavy atom. The lowest BCUT2D eigenvalue weighted by Crippen LogP contribution is -2.11. The van der Waals surface area contributed by atoms with Crippen LogP contribution in [0.5, 0.6) is 5.88 Å². The summed E-state index contributed by atoms with van der Waals surface area (Å²) in [7, 11) is -3.02. The van der Waals surface area contributed by atoms with Gasteiger partial charge in [0.05, 0.1) is 19.0 Å². The topological polar surface area (TPSA) is 107 Å². The Labute approximate surface area is 155 Å². The maximum absolute atomic E-state index is 11.6. The summed E-state index contributed by atoms with van der Waals surface area (Å²) in [5.74, 6) is 0.455. The zero-order chi connectivity index (χ0) is 19.0. The van der Waals surface area contributed by atoms with E-state index in [0.29, 0.717) is 32.5 Å². The van der Waals surface area contributed by atoms with Crippen LogP contribution in [-0.4, -0.2) is 39.2 Å². The molecule has 0 aliphatic heterocycles. The maximum Gasteiger partial charge on any atom is 0.379 e. The van der Waals surface area contributed by atoms with Crippen molar-refractivity contribution in [2.24, 2.45) is 0 Å². The van der Waals surface area contributed by atoms with Crippen LogP contribution in [0.2, 0.25) is 0 Å². The quantitative estimate of drug-likeness (QED) is 0.541. The third-order valence-electron chi connectivity index (χ3n) is 4.08. The zero-order valence-corrected chi connectivity index (χ0v) is 15.0. The first-order chi connectivity index (χ1) is 13.0. The van der Waals surface area contributed by atoms with Crippen LogP contribution in [0.15, 0.2) is 61.1 Å². The normalized spacial score (nSPS) is 11.6. The first kappa shape index (κ1) is 17.1. The molecule has 0 aliphatic rings.